The van der Waals surface area contributed by atoms with Gasteiger partial charge in [0.25, 0.3) is 0 Å². The van der Waals surface area contributed by atoms with E-state index in [1.165, 1.54) is 0 Å². The van der Waals surface area contributed by atoms with Gasteiger partial charge in [0.1, 0.15) is 5.82 Å². The number of benzene rings is 1. The molecule has 0 atom stereocenters. The number of hydrogen-bond donors (Lipinski definition) is 0. The Labute approximate surface area is 105 Å². The molecule has 4 nitrogen and oxygen atoms in total. The zero-order valence-corrected chi connectivity index (χ0v) is 10.5. The Bertz CT molecular complexity index is 695. The molecule has 0 unspecified atom stereocenters. The molecule has 0 aliphatic heterocycles. The second-order valence-corrected chi connectivity index (χ2v) is 4.21. The van der Waals surface area contributed by atoms with Gasteiger partial charge in [-0.1, -0.05) is 25.1 Å². The van der Waals surface area contributed by atoms with E-state index in [1.807, 2.05) is 29.9 Å². The van der Waals surface area contributed by atoms with E-state index in [-0.39, 0.29) is 0 Å². The Morgan fingerprint density at radius 3 is 2.78 bits per heavy atom. The summed E-state index contributed by atoms with van der Waals surface area (Å²) in [6.45, 7) is 2.08. The molecule has 0 spiro atoms. The van der Waals surface area contributed by atoms with Crippen molar-refractivity contribution in [3.05, 3.63) is 42.4 Å². The molecule has 0 amide bonds. The predicted molar refractivity (Wildman–Crippen MR) is 71.1 cm³/mol. The molecule has 0 N–H and O–H groups in total. The molecule has 2 aromatic heterocycles. The first-order valence-corrected chi connectivity index (χ1v) is 6.03. The van der Waals surface area contributed by atoms with Crippen molar-refractivity contribution in [2.45, 2.75) is 13.3 Å². The monoisotopic (exact) mass is 238 g/mol. The fourth-order valence-corrected chi connectivity index (χ4v) is 2.12. The van der Waals surface area contributed by atoms with Gasteiger partial charge in [0.15, 0.2) is 5.82 Å². The maximum Gasteiger partial charge on any atom is 0.183 e. The first-order chi connectivity index (χ1) is 8.79. The van der Waals surface area contributed by atoms with Crippen LogP contribution in [-0.4, -0.2) is 19.7 Å². The second-order valence-electron chi connectivity index (χ2n) is 4.21. The third-order valence-electron chi connectivity index (χ3n) is 3.04. The molecule has 0 saturated heterocycles. The van der Waals surface area contributed by atoms with Crippen LogP contribution < -0.4 is 0 Å². The molecule has 2 heterocycles. The second kappa shape index (κ2) is 4.22. The van der Waals surface area contributed by atoms with Crippen molar-refractivity contribution in [3.63, 3.8) is 0 Å². The van der Waals surface area contributed by atoms with E-state index >= 15 is 0 Å². The van der Waals surface area contributed by atoms with Crippen LogP contribution >= 0.6 is 0 Å². The lowest BCUT2D eigenvalue weighted by atomic mass is 10.1. The summed E-state index contributed by atoms with van der Waals surface area (Å²) in [6.07, 6.45) is 2.68. The largest absolute Gasteiger partial charge is 0.255 e. The minimum absolute atomic E-state index is 0.749. The van der Waals surface area contributed by atoms with Gasteiger partial charge in [-0.3, -0.25) is 9.67 Å². The van der Waals surface area contributed by atoms with E-state index in [2.05, 4.69) is 34.1 Å². The summed E-state index contributed by atoms with van der Waals surface area (Å²) < 4.78 is 1.83. The number of fused-ring (bicyclic) bond motifs is 1. The average Bonchev–Trinajstić information content (AvgIpc) is 2.79. The van der Waals surface area contributed by atoms with Crippen LogP contribution in [0.5, 0.6) is 0 Å². The van der Waals surface area contributed by atoms with E-state index < -0.39 is 0 Å². The minimum atomic E-state index is 0.749. The first-order valence-electron chi connectivity index (χ1n) is 6.03. The molecule has 1 aromatic carbocycles. The van der Waals surface area contributed by atoms with Crippen LogP contribution in [0.4, 0.5) is 0 Å². The molecule has 0 saturated carbocycles. The smallest absolute Gasteiger partial charge is 0.183 e. The fraction of sp³-hybridized carbons (Fsp3) is 0.214. The standard InChI is InChI=1S/C14H14N4/c1-3-12-16-14(17-18(12)2)11-8-4-6-10-7-5-9-15-13(10)11/h4-9H,3H2,1-2H3. The summed E-state index contributed by atoms with van der Waals surface area (Å²) in [6, 6.07) is 10.1. The highest BCUT2D eigenvalue weighted by Gasteiger charge is 2.11. The van der Waals surface area contributed by atoms with Gasteiger partial charge in [-0.25, -0.2) is 4.98 Å². The van der Waals surface area contributed by atoms with Crippen molar-refractivity contribution >= 4 is 10.9 Å². The van der Waals surface area contributed by atoms with Crippen LogP contribution in [0.25, 0.3) is 22.3 Å². The van der Waals surface area contributed by atoms with Crippen LogP contribution in [0.15, 0.2) is 36.5 Å². The van der Waals surface area contributed by atoms with Crippen molar-refractivity contribution in [2.24, 2.45) is 7.05 Å². The van der Waals surface area contributed by atoms with Crippen molar-refractivity contribution in [3.8, 4) is 11.4 Å². The summed E-state index contributed by atoms with van der Waals surface area (Å²) >= 11 is 0. The summed E-state index contributed by atoms with van der Waals surface area (Å²) in [5, 5.41) is 5.58. The van der Waals surface area contributed by atoms with Crippen LogP contribution in [0, 0.1) is 0 Å². The first kappa shape index (κ1) is 10.9. The molecular weight excluding hydrogens is 224 g/mol. The van der Waals surface area contributed by atoms with Gasteiger partial charge in [-0.2, -0.15) is 5.10 Å². The highest BCUT2D eigenvalue weighted by Crippen LogP contribution is 2.24. The van der Waals surface area contributed by atoms with E-state index in [0.717, 1.165) is 34.5 Å². The summed E-state index contributed by atoms with van der Waals surface area (Å²) in [5.74, 6) is 1.73. The average molecular weight is 238 g/mol. The van der Waals surface area contributed by atoms with E-state index in [4.69, 9.17) is 0 Å². The number of hydrogen-bond acceptors (Lipinski definition) is 3. The van der Waals surface area contributed by atoms with Crippen molar-refractivity contribution in [2.75, 3.05) is 0 Å². The Morgan fingerprint density at radius 1 is 1.17 bits per heavy atom. The lowest BCUT2D eigenvalue weighted by Gasteiger charge is -2.00. The van der Waals surface area contributed by atoms with Crippen molar-refractivity contribution in [1.29, 1.82) is 0 Å². The van der Waals surface area contributed by atoms with Gasteiger partial charge in [0.05, 0.1) is 5.52 Å². The zero-order valence-electron chi connectivity index (χ0n) is 10.5. The number of pyridine rings is 1. The Kier molecular flexibility index (Phi) is 2.55. The molecule has 18 heavy (non-hydrogen) atoms. The molecule has 4 heteroatoms. The normalized spacial score (nSPS) is 11.0. The highest BCUT2D eigenvalue weighted by atomic mass is 15.3. The zero-order chi connectivity index (χ0) is 12.5. The quantitative estimate of drug-likeness (QED) is 0.689. The lowest BCUT2D eigenvalue weighted by Crippen LogP contribution is -1.96. The Morgan fingerprint density at radius 2 is 2.00 bits per heavy atom. The Hall–Kier alpha value is -2.23. The number of nitrogens with zero attached hydrogens (tertiary/aromatic N) is 4. The molecule has 0 aliphatic rings. The van der Waals surface area contributed by atoms with Crippen LogP contribution in [0.1, 0.15) is 12.7 Å². The third kappa shape index (κ3) is 1.66. The van der Waals surface area contributed by atoms with Crippen molar-refractivity contribution < 1.29 is 0 Å². The van der Waals surface area contributed by atoms with Gasteiger partial charge in [-0.15, -0.1) is 0 Å². The van der Waals surface area contributed by atoms with Gasteiger partial charge in [0.2, 0.25) is 0 Å². The topological polar surface area (TPSA) is 43.6 Å². The molecule has 3 aromatic rings. The van der Waals surface area contributed by atoms with E-state index in [1.54, 1.807) is 6.20 Å². The van der Waals surface area contributed by atoms with Crippen LogP contribution in [0.2, 0.25) is 0 Å². The highest BCUT2D eigenvalue weighted by molar-refractivity contribution is 5.91. The number of aromatic nitrogens is 4. The van der Waals surface area contributed by atoms with Gasteiger partial charge >= 0.3 is 0 Å². The van der Waals surface area contributed by atoms with E-state index in [9.17, 15) is 0 Å². The number of rotatable bonds is 2. The molecule has 0 radical (unpaired) electrons. The summed E-state index contributed by atoms with van der Waals surface area (Å²) in [5.41, 5.74) is 1.94. The summed E-state index contributed by atoms with van der Waals surface area (Å²) in [7, 11) is 1.92. The molecular formula is C14H14N4. The predicted octanol–water partition coefficient (Wildman–Crippen LogP) is 2.59. The van der Waals surface area contributed by atoms with Crippen LogP contribution in [0.3, 0.4) is 0 Å². The summed E-state index contributed by atoms with van der Waals surface area (Å²) in [4.78, 5) is 8.99. The van der Waals surface area contributed by atoms with Gasteiger partial charge in [-0.05, 0) is 12.1 Å². The van der Waals surface area contributed by atoms with Gasteiger partial charge in [0, 0.05) is 30.6 Å². The Balaban J connectivity index is 2.24. The number of aryl methyl sites for hydroxylation is 2. The maximum absolute atomic E-state index is 4.56. The van der Waals surface area contributed by atoms with Crippen molar-refractivity contribution in [1.82, 2.24) is 19.7 Å². The third-order valence-corrected chi connectivity index (χ3v) is 3.04. The molecule has 0 fully saturated rings. The SMILES string of the molecule is CCc1nc(-c2cccc3cccnc23)nn1C. The molecule has 90 valence electrons. The minimum Gasteiger partial charge on any atom is -0.255 e. The fourth-order valence-electron chi connectivity index (χ4n) is 2.12. The molecule has 3 rings (SSSR count). The molecule has 0 aliphatic carbocycles. The number of para-hydroxylation sites is 1. The van der Waals surface area contributed by atoms with E-state index in [0.29, 0.717) is 0 Å². The molecule has 0 bridgehead atoms. The lowest BCUT2D eigenvalue weighted by molar-refractivity contribution is 0.710. The maximum atomic E-state index is 4.56. The van der Waals surface area contributed by atoms with Gasteiger partial charge < -0.3 is 0 Å². The van der Waals surface area contributed by atoms with Crippen LogP contribution in [-0.2, 0) is 13.5 Å².